The van der Waals surface area contributed by atoms with Crippen LogP contribution in [0.3, 0.4) is 0 Å². The highest BCUT2D eigenvalue weighted by molar-refractivity contribution is 5.54. The number of nitrogens with two attached hydrogens (primary N) is 1. The molecular weight excluding hydrogens is 233 g/mol. The molecule has 0 heterocycles. The molecule has 2 rings (SSSR count). The molecule has 0 amide bonds. The number of methoxy groups -OCH3 is 1. The van der Waals surface area contributed by atoms with Gasteiger partial charge in [-0.05, 0) is 42.0 Å². The Labute approximate surface area is 105 Å². The van der Waals surface area contributed by atoms with Crippen LogP contribution in [0.5, 0.6) is 11.5 Å². The van der Waals surface area contributed by atoms with E-state index in [1.54, 1.807) is 31.4 Å². The van der Waals surface area contributed by atoms with Crippen LogP contribution in [0, 0.1) is 5.82 Å². The fourth-order valence-corrected chi connectivity index (χ4v) is 1.57. The van der Waals surface area contributed by atoms with E-state index in [9.17, 15) is 4.39 Å². The van der Waals surface area contributed by atoms with E-state index < -0.39 is 0 Å². The molecule has 2 N–H and O–H groups in total. The Balaban J connectivity index is 2.02. The molecule has 0 aromatic heterocycles. The van der Waals surface area contributed by atoms with Crippen molar-refractivity contribution in [3.05, 3.63) is 53.8 Å². The number of halogens is 1. The summed E-state index contributed by atoms with van der Waals surface area (Å²) in [6.07, 6.45) is 0. The number of nitrogen functional groups attached to an aromatic ring is 1. The Bertz CT molecular complexity index is 526. The second-order valence-electron chi connectivity index (χ2n) is 3.82. The van der Waals surface area contributed by atoms with Crippen LogP contribution in [0.25, 0.3) is 0 Å². The first-order valence-corrected chi connectivity index (χ1v) is 5.50. The molecule has 0 spiro atoms. The lowest BCUT2D eigenvalue weighted by Gasteiger charge is -2.09. The van der Waals surface area contributed by atoms with E-state index in [4.69, 9.17) is 15.2 Å². The molecule has 2 aromatic carbocycles. The maximum atomic E-state index is 12.7. The zero-order valence-corrected chi connectivity index (χ0v) is 10.0. The van der Waals surface area contributed by atoms with Crippen LogP contribution < -0.4 is 15.2 Å². The quantitative estimate of drug-likeness (QED) is 0.845. The van der Waals surface area contributed by atoms with Crippen LogP contribution in [-0.2, 0) is 6.61 Å². The zero-order valence-electron chi connectivity index (χ0n) is 10.0. The molecule has 2 aromatic rings. The van der Waals surface area contributed by atoms with Gasteiger partial charge in [0.05, 0.1) is 12.8 Å². The van der Waals surface area contributed by atoms with Gasteiger partial charge in [-0.3, -0.25) is 0 Å². The van der Waals surface area contributed by atoms with Gasteiger partial charge in [0.2, 0.25) is 0 Å². The standard InChI is InChI=1S/C14H14FNO2/c1-17-14-7-2-10(8-13(14)16)9-18-12-5-3-11(15)4-6-12/h2-8H,9,16H2,1H3. The molecule has 94 valence electrons. The lowest BCUT2D eigenvalue weighted by atomic mass is 10.2. The molecule has 0 unspecified atom stereocenters. The third-order valence-corrected chi connectivity index (χ3v) is 2.51. The maximum Gasteiger partial charge on any atom is 0.141 e. The van der Waals surface area contributed by atoms with Crippen molar-refractivity contribution in [1.29, 1.82) is 0 Å². The molecule has 0 radical (unpaired) electrons. The van der Waals surface area contributed by atoms with Crippen molar-refractivity contribution >= 4 is 5.69 Å². The van der Waals surface area contributed by atoms with Gasteiger partial charge in [0.1, 0.15) is 23.9 Å². The summed E-state index contributed by atoms with van der Waals surface area (Å²) in [6, 6.07) is 11.3. The Morgan fingerprint density at radius 3 is 2.44 bits per heavy atom. The van der Waals surface area contributed by atoms with Gasteiger partial charge in [-0.2, -0.15) is 0 Å². The summed E-state index contributed by atoms with van der Waals surface area (Å²) in [5.41, 5.74) is 7.29. The van der Waals surface area contributed by atoms with Gasteiger partial charge in [-0.15, -0.1) is 0 Å². The second-order valence-corrected chi connectivity index (χ2v) is 3.82. The molecule has 18 heavy (non-hydrogen) atoms. The lowest BCUT2D eigenvalue weighted by molar-refractivity contribution is 0.305. The van der Waals surface area contributed by atoms with Crippen molar-refractivity contribution in [1.82, 2.24) is 0 Å². The van der Waals surface area contributed by atoms with Gasteiger partial charge >= 0.3 is 0 Å². The van der Waals surface area contributed by atoms with Crippen molar-refractivity contribution < 1.29 is 13.9 Å². The van der Waals surface area contributed by atoms with Gasteiger partial charge in [0.15, 0.2) is 0 Å². The number of hydrogen-bond donors (Lipinski definition) is 1. The van der Waals surface area contributed by atoms with E-state index >= 15 is 0 Å². The summed E-state index contributed by atoms with van der Waals surface area (Å²) in [4.78, 5) is 0. The van der Waals surface area contributed by atoms with Crippen LogP contribution in [0.4, 0.5) is 10.1 Å². The minimum atomic E-state index is -0.281. The lowest BCUT2D eigenvalue weighted by Crippen LogP contribution is -1.98. The molecule has 0 saturated carbocycles. The number of ether oxygens (including phenoxy) is 2. The van der Waals surface area contributed by atoms with E-state index in [1.807, 2.05) is 6.07 Å². The van der Waals surface area contributed by atoms with Crippen molar-refractivity contribution in [3.63, 3.8) is 0 Å². The maximum absolute atomic E-state index is 12.7. The summed E-state index contributed by atoms with van der Waals surface area (Å²) in [6.45, 7) is 0.375. The molecule has 0 fully saturated rings. The third kappa shape index (κ3) is 2.91. The molecule has 0 bridgehead atoms. The highest BCUT2D eigenvalue weighted by atomic mass is 19.1. The average Bonchev–Trinajstić information content (AvgIpc) is 2.38. The summed E-state index contributed by atoms with van der Waals surface area (Å²) < 4.78 is 23.3. The smallest absolute Gasteiger partial charge is 0.141 e. The molecular formula is C14H14FNO2. The first-order chi connectivity index (χ1) is 8.69. The molecule has 0 aliphatic heterocycles. The number of rotatable bonds is 4. The first kappa shape index (κ1) is 12.2. The summed E-state index contributed by atoms with van der Waals surface area (Å²) in [7, 11) is 1.57. The van der Waals surface area contributed by atoms with E-state index in [0.29, 0.717) is 23.8 Å². The predicted molar refractivity (Wildman–Crippen MR) is 68.1 cm³/mol. The van der Waals surface area contributed by atoms with Crippen LogP contribution in [0.1, 0.15) is 5.56 Å². The molecule has 0 saturated heterocycles. The summed E-state index contributed by atoms with van der Waals surface area (Å²) in [5, 5.41) is 0. The average molecular weight is 247 g/mol. The second kappa shape index (κ2) is 5.40. The Morgan fingerprint density at radius 1 is 1.11 bits per heavy atom. The van der Waals surface area contributed by atoms with Crippen LogP contribution in [0.15, 0.2) is 42.5 Å². The van der Waals surface area contributed by atoms with E-state index in [-0.39, 0.29) is 5.82 Å². The Morgan fingerprint density at radius 2 is 1.83 bits per heavy atom. The van der Waals surface area contributed by atoms with Gasteiger partial charge < -0.3 is 15.2 Å². The molecule has 0 aliphatic rings. The number of anilines is 1. The van der Waals surface area contributed by atoms with Crippen molar-refractivity contribution in [2.45, 2.75) is 6.61 Å². The van der Waals surface area contributed by atoms with Crippen molar-refractivity contribution in [2.24, 2.45) is 0 Å². The Hall–Kier alpha value is -2.23. The normalized spacial score (nSPS) is 10.1. The fourth-order valence-electron chi connectivity index (χ4n) is 1.57. The van der Waals surface area contributed by atoms with Crippen LogP contribution >= 0.6 is 0 Å². The summed E-state index contributed by atoms with van der Waals surface area (Å²) in [5.74, 6) is 0.974. The molecule has 3 nitrogen and oxygen atoms in total. The van der Waals surface area contributed by atoms with Gasteiger partial charge in [-0.1, -0.05) is 6.07 Å². The van der Waals surface area contributed by atoms with E-state index in [1.165, 1.54) is 12.1 Å². The minimum Gasteiger partial charge on any atom is -0.495 e. The largest absolute Gasteiger partial charge is 0.495 e. The van der Waals surface area contributed by atoms with Crippen LogP contribution in [0.2, 0.25) is 0 Å². The fraction of sp³-hybridized carbons (Fsp3) is 0.143. The topological polar surface area (TPSA) is 44.5 Å². The number of benzene rings is 2. The summed E-state index contributed by atoms with van der Waals surface area (Å²) >= 11 is 0. The van der Waals surface area contributed by atoms with Gasteiger partial charge in [0.25, 0.3) is 0 Å². The van der Waals surface area contributed by atoms with E-state index in [0.717, 1.165) is 5.56 Å². The third-order valence-electron chi connectivity index (χ3n) is 2.51. The van der Waals surface area contributed by atoms with E-state index in [2.05, 4.69) is 0 Å². The molecule has 0 atom stereocenters. The van der Waals surface area contributed by atoms with Crippen molar-refractivity contribution in [3.8, 4) is 11.5 Å². The van der Waals surface area contributed by atoms with Gasteiger partial charge in [0, 0.05) is 0 Å². The van der Waals surface area contributed by atoms with Gasteiger partial charge in [-0.25, -0.2) is 4.39 Å². The number of hydrogen-bond acceptors (Lipinski definition) is 3. The monoisotopic (exact) mass is 247 g/mol. The molecule has 0 aliphatic carbocycles. The first-order valence-electron chi connectivity index (χ1n) is 5.50. The molecule has 4 heteroatoms. The zero-order chi connectivity index (χ0) is 13.0. The van der Waals surface area contributed by atoms with Crippen LogP contribution in [-0.4, -0.2) is 7.11 Å². The Kier molecular flexibility index (Phi) is 3.67. The SMILES string of the molecule is COc1ccc(COc2ccc(F)cc2)cc1N. The predicted octanol–water partition coefficient (Wildman–Crippen LogP) is 3.00. The van der Waals surface area contributed by atoms with Crippen molar-refractivity contribution in [2.75, 3.05) is 12.8 Å². The highest BCUT2D eigenvalue weighted by Gasteiger charge is 2.01. The highest BCUT2D eigenvalue weighted by Crippen LogP contribution is 2.22. The minimum absolute atomic E-state index is 0.281.